The molecule has 1 fully saturated rings. The van der Waals surface area contributed by atoms with Gasteiger partial charge in [-0.3, -0.25) is 0 Å². The Hall–Kier alpha value is -0.810. The molecule has 1 aromatic rings. The maximum absolute atomic E-state index is 4.22. The van der Waals surface area contributed by atoms with Gasteiger partial charge in [0, 0.05) is 12.6 Å². The molecule has 0 amide bonds. The maximum atomic E-state index is 4.22. The first-order valence-electron chi connectivity index (χ1n) is 6.19. The number of anilines is 1. The second-order valence-electron chi connectivity index (χ2n) is 4.37. The first kappa shape index (κ1) is 12.6. The standard InChI is InChI=1S/C12H20N4S/c1-17-12-7-11(15-9-16-12)14-6-4-10-3-2-5-13-8-10/h7,9-10,13H,2-6,8H2,1H3,(H,14,15,16). The van der Waals surface area contributed by atoms with Gasteiger partial charge in [0.15, 0.2) is 0 Å². The summed E-state index contributed by atoms with van der Waals surface area (Å²) in [6.45, 7) is 3.35. The molecule has 2 N–H and O–H groups in total. The average Bonchev–Trinajstić information content (AvgIpc) is 2.40. The number of hydrogen-bond donors (Lipinski definition) is 2. The molecule has 1 saturated heterocycles. The van der Waals surface area contributed by atoms with Crippen molar-refractivity contribution in [2.75, 3.05) is 31.2 Å². The zero-order valence-corrected chi connectivity index (χ0v) is 11.1. The minimum Gasteiger partial charge on any atom is -0.370 e. The van der Waals surface area contributed by atoms with Crippen LogP contribution in [-0.2, 0) is 0 Å². The van der Waals surface area contributed by atoms with E-state index in [0.717, 1.165) is 23.3 Å². The van der Waals surface area contributed by atoms with E-state index in [4.69, 9.17) is 0 Å². The third kappa shape index (κ3) is 4.16. The zero-order valence-electron chi connectivity index (χ0n) is 10.3. The van der Waals surface area contributed by atoms with Crippen LogP contribution in [0.15, 0.2) is 17.4 Å². The van der Waals surface area contributed by atoms with Gasteiger partial charge in [-0.05, 0) is 44.5 Å². The Morgan fingerprint density at radius 1 is 1.53 bits per heavy atom. The Kier molecular flexibility index (Phi) is 5.07. The summed E-state index contributed by atoms with van der Waals surface area (Å²) >= 11 is 1.64. The van der Waals surface area contributed by atoms with E-state index < -0.39 is 0 Å². The van der Waals surface area contributed by atoms with Crippen LogP contribution in [0, 0.1) is 5.92 Å². The number of nitrogens with one attached hydrogen (secondary N) is 2. The molecule has 1 atom stereocenters. The highest BCUT2D eigenvalue weighted by molar-refractivity contribution is 7.98. The molecule has 5 heteroatoms. The molecule has 1 aliphatic heterocycles. The largest absolute Gasteiger partial charge is 0.370 e. The molecule has 1 aromatic heterocycles. The van der Waals surface area contributed by atoms with Crippen molar-refractivity contribution in [3.05, 3.63) is 12.4 Å². The van der Waals surface area contributed by atoms with Gasteiger partial charge in [-0.25, -0.2) is 9.97 Å². The minimum absolute atomic E-state index is 0.818. The minimum atomic E-state index is 0.818. The Bertz CT molecular complexity index is 339. The lowest BCUT2D eigenvalue weighted by Gasteiger charge is -2.22. The predicted octanol–water partition coefficient (Wildman–Crippen LogP) is 2.00. The Morgan fingerprint density at radius 2 is 2.47 bits per heavy atom. The Balaban J connectivity index is 1.73. The zero-order chi connectivity index (χ0) is 11.9. The van der Waals surface area contributed by atoms with E-state index in [0.29, 0.717) is 0 Å². The third-order valence-corrected chi connectivity index (χ3v) is 3.75. The van der Waals surface area contributed by atoms with E-state index in [1.807, 2.05) is 12.3 Å². The summed E-state index contributed by atoms with van der Waals surface area (Å²) in [6, 6.07) is 2.00. The predicted molar refractivity (Wildman–Crippen MR) is 72.5 cm³/mol. The van der Waals surface area contributed by atoms with Crippen molar-refractivity contribution in [3.63, 3.8) is 0 Å². The van der Waals surface area contributed by atoms with Crippen LogP contribution >= 0.6 is 11.8 Å². The van der Waals surface area contributed by atoms with Gasteiger partial charge in [0.05, 0.1) is 0 Å². The molecular weight excluding hydrogens is 232 g/mol. The second-order valence-corrected chi connectivity index (χ2v) is 5.20. The molecule has 0 saturated carbocycles. The van der Waals surface area contributed by atoms with Gasteiger partial charge in [-0.1, -0.05) is 0 Å². The molecule has 4 nitrogen and oxygen atoms in total. The second kappa shape index (κ2) is 6.81. The quantitative estimate of drug-likeness (QED) is 0.620. The lowest BCUT2D eigenvalue weighted by molar-refractivity contribution is 0.364. The summed E-state index contributed by atoms with van der Waals surface area (Å²) in [5, 5.41) is 7.84. The first-order valence-corrected chi connectivity index (χ1v) is 7.41. The molecule has 0 bridgehead atoms. The molecule has 17 heavy (non-hydrogen) atoms. The van der Waals surface area contributed by atoms with Gasteiger partial charge >= 0.3 is 0 Å². The SMILES string of the molecule is CSc1cc(NCCC2CCCNC2)ncn1. The van der Waals surface area contributed by atoms with E-state index in [9.17, 15) is 0 Å². The van der Waals surface area contributed by atoms with Crippen molar-refractivity contribution in [2.24, 2.45) is 5.92 Å². The summed E-state index contributed by atoms with van der Waals surface area (Å²) in [7, 11) is 0. The van der Waals surface area contributed by atoms with Gasteiger partial charge in [-0.2, -0.15) is 0 Å². The van der Waals surface area contributed by atoms with Crippen molar-refractivity contribution in [2.45, 2.75) is 24.3 Å². The number of aromatic nitrogens is 2. The van der Waals surface area contributed by atoms with Crippen LogP contribution in [0.1, 0.15) is 19.3 Å². The summed E-state index contributed by atoms with van der Waals surface area (Å²) in [5.41, 5.74) is 0. The van der Waals surface area contributed by atoms with Crippen LogP contribution in [0.3, 0.4) is 0 Å². The fraction of sp³-hybridized carbons (Fsp3) is 0.667. The van der Waals surface area contributed by atoms with Crippen molar-refractivity contribution in [1.29, 1.82) is 0 Å². The van der Waals surface area contributed by atoms with E-state index in [-0.39, 0.29) is 0 Å². The normalized spacial score (nSPS) is 20.2. The van der Waals surface area contributed by atoms with Crippen LogP contribution < -0.4 is 10.6 Å². The highest BCUT2D eigenvalue weighted by atomic mass is 32.2. The van der Waals surface area contributed by atoms with Gasteiger partial charge in [0.25, 0.3) is 0 Å². The van der Waals surface area contributed by atoms with Crippen LogP contribution in [0.25, 0.3) is 0 Å². The highest BCUT2D eigenvalue weighted by Gasteiger charge is 2.12. The molecule has 0 aliphatic carbocycles. The third-order valence-electron chi connectivity index (χ3n) is 3.11. The molecule has 0 spiro atoms. The lowest BCUT2D eigenvalue weighted by atomic mass is 9.96. The first-order chi connectivity index (χ1) is 8.38. The van der Waals surface area contributed by atoms with Crippen LogP contribution in [-0.4, -0.2) is 35.9 Å². The molecule has 2 heterocycles. The van der Waals surface area contributed by atoms with E-state index in [2.05, 4.69) is 20.6 Å². The number of rotatable bonds is 5. The smallest absolute Gasteiger partial charge is 0.130 e. The summed E-state index contributed by atoms with van der Waals surface area (Å²) in [5.74, 6) is 1.76. The van der Waals surface area contributed by atoms with E-state index in [1.165, 1.54) is 32.4 Å². The fourth-order valence-corrected chi connectivity index (χ4v) is 2.50. The average molecular weight is 252 g/mol. The number of hydrogen-bond acceptors (Lipinski definition) is 5. The van der Waals surface area contributed by atoms with Crippen LogP contribution in [0.5, 0.6) is 0 Å². The molecule has 0 aromatic carbocycles. The van der Waals surface area contributed by atoms with Crippen LogP contribution in [0.2, 0.25) is 0 Å². The van der Waals surface area contributed by atoms with E-state index >= 15 is 0 Å². The molecule has 1 unspecified atom stereocenters. The lowest BCUT2D eigenvalue weighted by Crippen LogP contribution is -2.30. The van der Waals surface area contributed by atoms with Crippen molar-refractivity contribution in [3.8, 4) is 0 Å². The van der Waals surface area contributed by atoms with Crippen molar-refractivity contribution >= 4 is 17.6 Å². The van der Waals surface area contributed by atoms with Gasteiger partial charge in [0.1, 0.15) is 17.2 Å². The summed E-state index contributed by atoms with van der Waals surface area (Å²) in [4.78, 5) is 8.38. The van der Waals surface area contributed by atoms with Crippen LogP contribution in [0.4, 0.5) is 5.82 Å². The summed E-state index contributed by atoms with van der Waals surface area (Å²) < 4.78 is 0. The van der Waals surface area contributed by atoms with Gasteiger partial charge in [0.2, 0.25) is 0 Å². The van der Waals surface area contributed by atoms with Crippen molar-refractivity contribution < 1.29 is 0 Å². The highest BCUT2D eigenvalue weighted by Crippen LogP contribution is 2.16. The monoisotopic (exact) mass is 252 g/mol. The molecule has 1 aliphatic rings. The molecular formula is C12H20N4S. The van der Waals surface area contributed by atoms with Gasteiger partial charge < -0.3 is 10.6 Å². The number of piperidine rings is 1. The van der Waals surface area contributed by atoms with Gasteiger partial charge in [-0.15, -0.1) is 11.8 Å². The summed E-state index contributed by atoms with van der Waals surface area (Å²) in [6.07, 6.45) is 7.53. The topological polar surface area (TPSA) is 49.8 Å². The maximum Gasteiger partial charge on any atom is 0.130 e. The molecule has 2 rings (SSSR count). The molecule has 0 radical (unpaired) electrons. The fourth-order valence-electron chi connectivity index (χ4n) is 2.12. The Labute approximate surface area is 107 Å². The Morgan fingerprint density at radius 3 is 3.24 bits per heavy atom. The molecule has 94 valence electrons. The van der Waals surface area contributed by atoms with Crippen molar-refractivity contribution in [1.82, 2.24) is 15.3 Å². The van der Waals surface area contributed by atoms with E-state index in [1.54, 1.807) is 18.1 Å². The number of thioether (sulfide) groups is 1. The number of nitrogens with zero attached hydrogens (tertiary/aromatic N) is 2.